The lowest BCUT2D eigenvalue weighted by atomic mass is 9.93. The van der Waals surface area contributed by atoms with E-state index in [0.717, 1.165) is 5.56 Å². The molecule has 1 aromatic carbocycles. The molecule has 1 aromatic rings. The zero-order chi connectivity index (χ0) is 25.6. The van der Waals surface area contributed by atoms with Crippen molar-refractivity contribution in [3.8, 4) is 0 Å². The normalized spacial score (nSPS) is 18.6. The van der Waals surface area contributed by atoms with Crippen LogP contribution in [0, 0.1) is 18.8 Å². The number of nitrogens with one attached hydrogen (secondary N) is 2. The van der Waals surface area contributed by atoms with Crippen LogP contribution >= 0.6 is 0 Å². The van der Waals surface area contributed by atoms with E-state index in [9.17, 15) is 27.9 Å². The summed E-state index contributed by atoms with van der Waals surface area (Å²) in [6.45, 7) is 7.30. The Morgan fingerprint density at radius 2 is 1.65 bits per heavy atom. The van der Waals surface area contributed by atoms with Gasteiger partial charge in [0, 0.05) is 19.0 Å². The molecule has 2 rings (SSSR count). The summed E-state index contributed by atoms with van der Waals surface area (Å²) >= 11 is 0. The lowest BCUT2D eigenvalue weighted by Crippen LogP contribution is -2.55. The van der Waals surface area contributed by atoms with Gasteiger partial charge in [0.05, 0.1) is 11.0 Å². The van der Waals surface area contributed by atoms with E-state index < -0.39 is 46.0 Å². The third-order valence-electron chi connectivity index (χ3n) is 6.32. The maximum Gasteiger partial charge on any atom is 0.328 e. The number of nitrogens with zero attached hydrogens (tertiary/aromatic N) is 1. The van der Waals surface area contributed by atoms with Crippen molar-refractivity contribution in [3.63, 3.8) is 0 Å². The maximum absolute atomic E-state index is 13.3. The van der Waals surface area contributed by atoms with Gasteiger partial charge < -0.3 is 20.4 Å². The molecule has 2 amide bonds. The number of carbonyl (C=O) groups is 3. The van der Waals surface area contributed by atoms with Gasteiger partial charge in [0.2, 0.25) is 21.8 Å². The van der Waals surface area contributed by atoms with Crippen molar-refractivity contribution in [2.75, 3.05) is 13.1 Å². The molecule has 1 aliphatic rings. The van der Waals surface area contributed by atoms with Crippen LogP contribution in [-0.4, -0.2) is 72.6 Å². The van der Waals surface area contributed by atoms with Crippen molar-refractivity contribution in [1.82, 2.24) is 14.9 Å². The molecule has 4 unspecified atom stereocenters. The number of piperidine rings is 1. The highest BCUT2D eigenvalue weighted by molar-refractivity contribution is 7.89. The molecular formula is C23H35N3O7S. The predicted octanol–water partition coefficient (Wildman–Crippen LogP) is 0.877. The molecule has 0 bridgehead atoms. The summed E-state index contributed by atoms with van der Waals surface area (Å²) in [5.74, 6) is -2.92. The van der Waals surface area contributed by atoms with Crippen LogP contribution in [0.2, 0.25) is 0 Å². The van der Waals surface area contributed by atoms with E-state index >= 15 is 0 Å². The molecule has 0 radical (unpaired) electrons. The fourth-order valence-electron chi connectivity index (χ4n) is 3.82. The summed E-state index contributed by atoms with van der Waals surface area (Å²) in [6, 6.07) is 4.02. The summed E-state index contributed by atoms with van der Waals surface area (Å²) in [7, 11) is -3.91. The quantitative estimate of drug-likeness (QED) is 0.374. The Kier molecular flexibility index (Phi) is 9.60. The number of sulfonamides is 1. The monoisotopic (exact) mass is 497 g/mol. The van der Waals surface area contributed by atoms with Crippen LogP contribution in [0.4, 0.5) is 0 Å². The number of carbonyl (C=O) groups excluding carboxylic acids is 2. The largest absolute Gasteiger partial charge is 0.480 e. The van der Waals surface area contributed by atoms with Crippen LogP contribution in [-0.2, 0) is 24.4 Å². The standard InChI is InChI=1S/C23H35N3O7S/c1-5-15(3)19(25-34(32,33)18-8-6-14(2)7-9-18)22(29)26-12-10-17(11-13-26)21(28)24-20(16(4)27)23(30)31/h6-9,15-17,19-20,25,27H,5,10-13H2,1-4H3,(H,24,28)(H,30,31). The predicted molar refractivity (Wildman–Crippen MR) is 125 cm³/mol. The number of amides is 2. The fraction of sp³-hybridized carbons (Fsp3) is 0.609. The molecule has 1 saturated heterocycles. The molecule has 4 N–H and O–H groups in total. The highest BCUT2D eigenvalue weighted by Gasteiger charge is 2.36. The number of benzene rings is 1. The molecule has 1 aliphatic heterocycles. The van der Waals surface area contributed by atoms with E-state index in [4.69, 9.17) is 5.11 Å². The summed E-state index contributed by atoms with van der Waals surface area (Å²) in [6.07, 6.45) is -0.0498. The molecular weight excluding hydrogens is 462 g/mol. The molecule has 1 heterocycles. The number of carboxylic acid groups (broad SMARTS) is 1. The number of hydrogen-bond acceptors (Lipinski definition) is 6. The molecule has 1 fully saturated rings. The Morgan fingerprint density at radius 1 is 1.09 bits per heavy atom. The van der Waals surface area contributed by atoms with Gasteiger partial charge in [-0.05, 0) is 44.7 Å². The second-order valence-corrected chi connectivity index (χ2v) is 10.7. The SMILES string of the molecule is CCC(C)C(NS(=O)(=O)c1ccc(C)cc1)C(=O)N1CCC(C(=O)NC(C(=O)O)C(C)O)CC1. The van der Waals surface area contributed by atoms with Crippen LogP contribution in [0.25, 0.3) is 0 Å². The van der Waals surface area contributed by atoms with Crippen molar-refractivity contribution in [2.24, 2.45) is 11.8 Å². The van der Waals surface area contributed by atoms with Gasteiger partial charge in [0.1, 0.15) is 6.04 Å². The first kappa shape index (κ1) is 27.7. The molecule has 10 nitrogen and oxygen atoms in total. The highest BCUT2D eigenvalue weighted by Crippen LogP contribution is 2.22. The van der Waals surface area contributed by atoms with E-state index in [-0.39, 0.29) is 29.8 Å². The van der Waals surface area contributed by atoms with Crippen LogP contribution in [0.3, 0.4) is 0 Å². The summed E-state index contributed by atoms with van der Waals surface area (Å²) < 4.78 is 28.4. The highest BCUT2D eigenvalue weighted by atomic mass is 32.2. The van der Waals surface area contributed by atoms with E-state index in [0.29, 0.717) is 19.3 Å². The fourth-order valence-corrected chi connectivity index (χ4v) is 5.11. The first-order valence-corrected chi connectivity index (χ1v) is 12.9. The number of hydrogen-bond donors (Lipinski definition) is 4. The molecule has 4 atom stereocenters. The zero-order valence-corrected chi connectivity index (χ0v) is 20.8. The first-order valence-electron chi connectivity index (χ1n) is 11.5. The average Bonchev–Trinajstić information content (AvgIpc) is 2.79. The molecule has 0 aliphatic carbocycles. The van der Waals surface area contributed by atoms with Crippen molar-refractivity contribution in [1.29, 1.82) is 0 Å². The van der Waals surface area contributed by atoms with Gasteiger partial charge in [-0.2, -0.15) is 4.72 Å². The van der Waals surface area contributed by atoms with Crippen molar-refractivity contribution in [3.05, 3.63) is 29.8 Å². The summed E-state index contributed by atoms with van der Waals surface area (Å²) in [5.41, 5.74) is 0.920. The minimum atomic E-state index is -3.91. The molecule has 11 heteroatoms. The Hall–Kier alpha value is -2.50. The van der Waals surface area contributed by atoms with E-state index in [1.165, 1.54) is 19.1 Å². The Balaban J connectivity index is 2.07. The number of rotatable bonds is 10. The van der Waals surface area contributed by atoms with Gasteiger partial charge in [-0.3, -0.25) is 9.59 Å². The van der Waals surface area contributed by atoms with Gasteiger partial charge in [-0.15, -0.1) is 0 Å². The average molecular weight is 498 g/mol. The second kappa shape index (κ2) is 11.8. The Labute approximate surface area is 200 Å². The third-order valence-corrected chi connectivity index (χ3v) is 7.77. The first-order chi connectivity index (χ1) is 15.9. The van der Waals surface area contributed by atoms with Crippen molar-refractivity contribution >= 4 is 27.8 Å². The molecule has 0 spiro atoms. The van der Waals surface area contributed by atoms with Crippen molar-refractivity contribution in [2.45, 2.75) is 70.0 Å². The Morgan fingerprint density at radius 3 is 2.12 bits per heavy atom. The Bertz CT molecular complexity index is 971. The number of aliphatic hydroxyl groups is 1. The topological polar surface area (TPSA) is 153 Å². The number of likely N-dealkylation sites (tertiary alicyclic amines) is 1. The second-order valence-electron chi connectivity index (χ2n) is 8.96. The van der Waals surface area contributed by atoms with Crippen LogP contribution in [0.5, 0.6) is 0 Å². The molecule has 0 saturated carbocycles. The van der Waals surface area contributed by atoms with E-state index in [1.807, 2.05) is 20.8 Å². The lowest BCUT2D eigenvalue weighted by Gasteiger charge is -2.35. The minimum absolute atomic E-state index is 0.0840. The molecule has 190 valence electrons. The summed E-state index contributed by atoms with van der Waals surface area (Å²) in [5, 5.41) is 21.1. The zero-order valence-electron chi connectivity index (χ0n) is 20.0. The third kappa shape index (κ3) is 7.00. The number of aliphatic carboxylic acids is 1. The van der Waals surface area contributed by atoms with Crippen molar-refractivity contribution < 1.29 is 33.0 Å². The van der Waals surface area contributed by atoms with Gasteiger partial charge in [-0.1, -0.05) is 38.0 Å². The lowest BCUT2D eigenvalue weighted by molar-refractivity contribution is -0.146. The number of aliphatic hydroxyl groups excluding tert-OH is 1. The van der Waals surface area contributed by atoms with Gasteiger partial charge in [0.25, 0.3) is 0 Å². The van der Waals surface area contributed by atoms with E-state index in [1.54, 1.807) is 17.0 Å². The minimum Gasteiger partial charge on any atom is -0.480 e. The number of carboxylic acids is 1. The van der Waals surface area contributed by atoms with Crippen LogP contribution in [0.15, 0.2) is 29.2 Å². The van der Waals surface area contributed by atoms with Gasteiger partial charge >= 0.3 is 5.97 Å². The maximum atomic E-state index is 13.3. The van der Waals surface area contributed by atoms with Crippen LogP contribution < -0.4 is 10.0 Å². The molecule has 34 heavy (non-hydrogen) atoms. The number of aryl methyl sites for hydroxylation is 1. The molecule has 0 aromatic heterocycles. The van der Waals surface area contributed by atoms with Crippen LogP contribution in [0.1, 0.15) is 45.6 Å². The van der Waals surface area contributed by atoms with Gasteiger partial charge in [-0.25, -0.2) is 13.2 Å². The van der Waals surface area contributed by atoms with Gasteiger partial charge in [0.15, 0.2) is 6.04 Å². The smallest absolute Gasteiger partial charge is 0.328 e. The van der Waals surface area contributed by atoms with E-state index in [2.05, 4.69) is 10.0 Å². The summed E-state index contributed by atoms with van der Waals surface area (Å²) in [4.78, 5) is 38.6.